The van der Waals surface area contributed by atoms with Gasteiger partial charge in [-0.05, 0) is 36.8 Å². The second kappa shape index (κ2) is 6.69. The van der Waals surface area contributed by atoms with E-state index in [1.807, 2.05) is 31.2 Å². The fraction of sp³-hybridized carbons (Fsp3) is 0.0500. The van der Waals surface area contributed by atoms with Crippen molar-refractivity contribution in [3.8, 4) is 34.2 Å². The van der Waals surface area contributed by atoms with Crippen molar-refractivity contribution in [2.75, 3.05) is 0 Å². The van der Waals surface area contributed by atoms with Crippen LogP contribution in [0.3, 0.4) is 0 Å². The van der Waals surface area contributed by atoms with Gasteiger partial charge in [0, 0.05) is 5.56 Å². The van der Waals surface area contributed by atoms with E-state index < -0.39 is 5.82 Å². The standard InChI is InChI=1S/C20H13ClFN3O/c1-12-6-2-3-7-13(12)19-24-20(26-25-19)17-11-5-10-16(23-17)18-14(21)8-4-9-15(18)22/h2-11H,1H3. The molecule has 0 amide bonds. The molecule has 4 aromatic rings. The number of nitrogens with zero attached hydrogens (tertiary/aromatic N) is 3. The van der Waals surface area contributed by atoms with Gasteiger partial charge in [-0.25, -0.2) is 9.37 Å². The Kier molecular flexibility index (Phi) is 4.22. The Hall–Kier alpha value is -3.05. The van der Waals surface area contributed by atoms with E-state index in [2.05, 4.69) is 15.1 Å². The van der Waals surface area contributed by atoms with E-state index >= 15 is 0 Å². The zero-order valence-electron chi connectivity index (χ0n) is 13.8. The molecule has 0 atom stereocenters. The average molecular weight is 366 g/mol. The van der Waals surface area contributed by atoms with Gasteiger partial charge in [-0.15, -0.1) is 0 Å². The van der Waals surface area contributed by atoms with Crippen molar-refractivity contribution in [2.24, 2.45) is 0 Å². The molecule has 0 bridgehead atoms. The summed E-state index contributed by atoms with van der Waals surface area (Å²) in [5.74, 6) is 0.306. The largest absolute Gasteiger partial charge is 0.332 e. The number of aryl methyl sites for hydroxylation is 1. The average Bonchev–Trinajstić information content (AvgIpc) is 3.12. The van der Waals surface area contributed by atoms with Crippen LogP contribution in [0.1, 0.15) is 5.56 Å². The quantitative estimate of drug-likeness (QED) is 0.476. The van der Waals surface area contributed by atoms with Crippen LogP contribution in [0.2, 0.25) is 5.02 Å². The molecule has 26 heavy (non-hydrogen) atoms. The molecule has 0 unspecified atom stereocenters. The summed E-state index contributed by atoms with van der Waals surface area (Å²) in [7, 11) is 0. The first-order valence-electron chi connectivity index (χ1n) is 7.95. The summed E-state index contributed by atoms with van der Waals surface area (Å²) in [5.41, 5.74) is 3.03. The highest BCUT2D eigenvalue weighted by Crippen LogP contribution is 2.31. The van der Waals surface area contributed by atoms with Gasteiger partial charge in [0.15, 0.2) is 0 Å². The summed E-state index contributed by atoms with van der Waals surface area (Å²) in [5, 5.41) is 4.33. The molecule has 0 aliphatic heterocycles. The maximum absolute atomic E-state index is 14.2. The number of hydrogen-bond donors (Lipinski definition) is 0. The van der Waals surface area contributed by atoms with Gasteiger partial charge >= 0.3 is 0 Å². The Morgan fingerprint density at radius 1 is 0.885 bits per heavy atom. The second-order valence-electron chi connectivity index (χ2n) is 5.74. The van der Waals surface area contributed by atoms with Crippen molar-refractivity contribution in [1.82, 2.24) is 15.1 Å². The number of halogens is 2. The van der Waals surface area contributed by atoms with Gasteiger partial charge in [0.05, 0.1) is 16.3 Å². The van der Waals surface area contributed by atoms with Gasteiger partial charge in [-0.2, -0.15) is 4.98 Å². The molecule has 0 N–H and O–H groups in total. The predicted molar refractivity (Wildman–Crippen MR) is 98.1 cm³/mol. The SMILES string of the molecule is Cc1ccccc1-c1noc(-c2cccc(-c3c(F)cccc3Cl)n2)n1. The Morgan fingerprint density at radius 2 is 1.65 bits per heavy atom. The van der Waals surface area contributed by atoms with Crippen LogP contribution >= 0.6 is 11.6 Å². The molecule has 0 fully saturated rings. The fourth-order valence-electron chi connectivity index (χ4n) is 2.70. The molecule has 0 saturated carbocycles. The molecule has 6 heteroatoms. The third-order valence-corrected chi connectivity index (χ3v) is 4.31. The monoisotopic (exact) mass is 365 g/mol. The van der Waals surface area contributed by atoms with Crippen LogP contribution in [0.25, 0.3) is 34.2 Å². The Labute approximate surface area is 154 Å². The van der Waals surface area contributed by atoms with E-state index in [0.29, 0.717) is 22.2 Å². The van der Waals surface area contributed by atoms with Gasteiger partial charge in [0.1, 0.15) is 11.5 Å². The third kappa shape index (κ3) is 2.97. The van der Waals surface area contributed by atoms with E-state index in [4.69, 9.17) is 16.1 Å². The second-order valence-corrected chi connectivity index (χ2v) is 6.15. The van der Waals surface area contributed by atoms with Gasteiger partial charge in [-0.3, -0.25) is 0 Å². The summed E-state index contributed by atoms with van der Waals surface area (Å²) in [6.07, 6.45) is 0. The molecule has 2 aromatic carbocycles. The summed E-state index contributed by atoms with van der Waals surface area (Å²) < 4.78 is 19.5. The number of pyridine rings is 1. The number of hydrogen-bond acceptors (Lipinski definition) is 4. The van der Waals surface area contributed by atoms with Gasteiger partial charge in [-0.1, -0.05) is 53.2 Å². The minimum absolute atomic E-state index is 0.245. The third-order valence-electron chi connectivity index (χ3n) is 4.00. The van der Waals surface area contributed by atoms with Gasteiger partial charge in [0.2, 0.25) is 5.82 Å². The van der Waals surface area contributed by atoms with Crippen LogP contribution in [0.15, 0.2) is 65.2 Å². The normalized spacial score (nSPS) is 10.9. The van der Waals surface area contributed by atoms with Crippen LogP contribution in [-0.2, 0) is 0 Å². The smallest absolute Gasteiger partial charge is 0.276 e. The van der Waals surface area contributed by atoms with Crippen LogP contribution in [0.5, 0.6) is 0 Å². The molecule has 4 rings (SSSR count). The van der Waals surface area contributed by atoms with Crippen molar-refractivity contribution in [3.05, 3.63) is 77.1 Å². The highest BCUT2D eigenvalue weighted by molar-refractivity contribution is 6.33. The molecule has 0 saturated heterocycles. The lowest BCUT2D eigenvalue weighted by molar-refractivity contribution is 0.431. The van der Waals surface area contributed by atoms with Crippen molar-refractivity contribution >= 4 is 11.6 Å². The highest BCUT2D eigenvalue weighted by Gasteiger charge is 2.16. The Balaban J connectivity index is 1.76. The van der Waals surface area contributed by atoms with Crippen LogP contribution in [0, 0.1) is 12.7 Å². The van der Waals surface area contributed by atoms with E-state index in [1.165, 1.54) is 6.07 Å². The lowest BCUT2D eigenvalue weighted by Crippen LogP contribution is -1.92. The molecule has 2 aromatic heterocycles. The summed E-state index contributed by atoms with van der Waals surface area (Å²) in [6, 6.07) is 17.4. The lowest BCUT2D eigenvalue weighted by Gasteiger charge is -2.05. The number of aromatic nitrogens is 3. The first-order valence-corrected chi connectivity index (χ1v) is 8.33. The van der Waals surface area contributed by atoms with E-state index in [-0.39, 0.29) is 11.5 Å². The van der Waals surface area contributed by atoms with Crippen molar-refractivity contribution < 1.29 is 8.91 Å². The van der Waals surface area contributed by atoms with Crippen LogP contribution < -0.4 is 0 Å². The molecule has 0 aliphatic carbocycles. The molecule has 0 aliphatic rings. The molecule has 2 heterocycles. The predicted octanol–water partition coefficient (Wildman–Crippen LogP) is 5.57. The minimum atomic E-state index is -0.437. The lowest BCUT2D eigenvalue weighted by atomic mass is 10.1. The molecule has 128 valence electrons. The zero-order valence-corrected chi connectivity index (χ0v) is 14.5. The molecular weight excluding hydrogens is 353 g/mol. The maximum Gasteiger partial charge on any atom is 0.276 e. The Bertz CT molecular complexity index is 1070. The van der Waals surface area contributed by atoms with Crippen molar-refractivity contribution in [3.63, 3.8) is 0 Å². The zero-order chi connectivity index (χ0) is 18.1. The van der Waals surface area contributed by atoms with E-state index in [0.717, 1.165) is 11.1 Å². The number of rotatable bonds is 3. The van der Waals surface area contributed by atoms with Crippen molar-refractivity contribution in [2.45, 2.75) is 6.92 Å². The number of benzene rings is 2. The van der Waals surface area contributed by atoms with Crippen LogP contribution in [0.4, 0.5) is 4.39 Å². The minimum Gasteiger partial charge on any atom is -0.332 e. The van der Waals surface area contributed by atoms with E-state index in [9.17, 15) is 4.39 Å². The molecule has 0 spiro atoms. The van der Waals surface area contributed by atoms with Gasteiger partial charge < -0.3 is 4.52 Å². The van der Waals surface area contributed by atoms with E-state index in [1.54, 1.807) is 30.3 Å². The summed E-state index contributed by atoms with van der Waals surface area (Å²) >= 11 is 6.13. The first kappa shape index (κ1) is 16.4. The highest BCUT2D eigenvalue weighted by atomic mass is 35.5. The topological polar surface area (TPSA) is 51.8 Å². The van der Waals surface area contributed by atoms with Crippen LogP contribution in [-0.4, -0.2) is 15.1 Å². The molecule has 4 nitrogen and oxygen atoms in total. The molecule has 0 radical (unpaired) electrons. The summed E-state index contributed by atoms with van der Waals surface area (Å²) in [4.78, 5) is 8.87. The fourth-order valence-corrected chi connectivity index (χ4v) is 2.96. The summed E-state index contributed by atoms with van der Waals surface area (Å²) in [6.45, 7) is 1.98. The Morgan fingerprint density at radius 3 is 2.46 bits per heavy atom. The first-order chi connectivity index (χ1) is 12.6. The van der Waals surface area contributed by atoms with Crippen molar-refractivity contribution in [1.29, 1.82) is 0 Å². The van der Waals surface area contributed by atoms with Gasteiger partial charge in [0.25, 0.3) is 5.89 Å². The maximum atomic E-state index is 14.2. The molecular formula is C20H13ClFN3O.